The van der Waals surface area contributed by atoms with E-state index in [4.69, 9.17) is 4.74 Å². The lowest BCUT2D eigenvalue weighted by atomic mass is 10.1. The van der Waals surface area contributed by atoms with Gasteiger partial charge in [0, 0.05) is 24.9 Å². The van der Waals surface area contributed by atoms with Gasteiger partial charge in [-0.3, -0.25) is 9.89 Å². The van der Waals surface area contributed by atoms with Crippen molar-refractivity contribution in [3.8, 4) is 5.75 Å². The third-order valence-electron chi connectivity index (χ3n) is 4.85. The molecule has 1 aromatic heterocycles. The zero-order valence-electron chi connectivity index (χ0n) is 16.8. The van der Waals surface area contributed by atoms with Crippen LogP contribution in [0.2, 0.25) is 0 Å². The third kappa shape index (κ3) is 4.63. The van der Waals surface area contributed by atoms with Crippen LogP contribution in [0.1, 0.15) is 21.5 Å². The molecule has 0 saturated carbocycles. The molecule has 0 atom stereocenters. The van der Waals surface area contributed by atoms with Crippen LogP contribution >= 0.6 is 11.8 Å². The largest absolute Gasteiger partial charge is 0.497 e. The molecule has 1 heterocycles. The Kier molecular flexibility index (Phi) is 5.99. The first-order chi connectivity index (χ1) is 14.6. The lowest BCUT2D eigenvalue weighted by Gasteiger charge is -2.18. The standard InChI is InChI=1S/C23H22N4O2S/c1-27(13-17-5-8-20-12-21(29-2)10-9-19(20)11-17)22(28)18-6-3-16(4-7-18)14-30-23-24-15-25-26-23/h3-12,15H,13-14H2,1-2H3,(H,24,25,26). The normalized spacial score (nSPS) is 10.9. The van der Waals surface area contributed by atoms with Gasteiger partial charge in [-0.15, -0.1) is 0 Å². The van der Waals surface area contributed by atoms with E-state index in [-0.39, 0.29) is 5.91 Å². The molecule has 30 heavy (non-hydrogen) atoms. The molecule has 0 aliphatic rings. The first-order valence-electron chi connectivity index (χ1n) is 9.51. The molecule has 1 amide bonds. The number of nitrogens with one attached hydrogen (secondary N) is 1. The van der Waals surface area contributed by atoms with Gasteiger partial charge in [-0.1, -0.05) is 42.1 Å². The number of aromatic amines is 1. The summed E-state index contributed by atoms with van der Waals surface area (Å²) in [5.41, 5.74) is 2.89. The molecule has 0 aliphatic carbocycles. The molecule has 6 nitrogen and oxygen atoms in total. The summed E-state index contributed by atoms with van der Waals surface area (Å²) in [6.07, 6.45) is 1.49. The second-order valence-corrected chi connectivity index (χ2v) is 7.95. The zero-order chi connectivity index (χ0) is 20.9. The van der Waals surface area contributed by atoms with Gasteiger partial charge in [0.25, 0.3) is 5.91 Å². The van der Waals surface area contributed by atoms with Gasteiger partial charge in [-0.2, -0.15) is 5.10 Å². The maximum atomic E-state index is 12.8. The number of carbonyl (C=O) groups excluding carboxylic acids is 1. The molecule has 4 aromatic rings. The number of methoxy groups -OCH3 is 1. The summed E-state index contributed by atoms with van der Waals surface area (Å²) < 4.78 is 5.28. The Labute approximate surface area is 179 Å². The molecule has 152 valence electrons. The second kappa shape index (κ2) is 9.00. The fraction of sp³-hybridized carbons (Fsp3) is 0.174. The predicted octanol–water partition coefficient (Wildman–Crippen LogP) is 4.53. The van der Waals surface area contributed by atoms with E-state index in [2.05, 4.69) is 33.4 Å². The molecule has 7 heteroatoms. The van der Waals surface area contributed by atoms with Crippen molar-refractivity contribution in [1.29, 1.82) is 0 Å². The topological polar surface area (TPSA) is 71.1 Å². The Balaban J connectivity index is 1.39. The summed E-state index contributed by atoms with van der Waals surface area (Å²) >= 11 is 1.57. The van der Waals surface area contributed by atoms with Crippen molar-refractivity contribution in [2.24, 2.45) is 0 Å². The van der Waals surface area contributed by atoms with Gasteiger partial charge >= 0.3 is 0 Å². The first kappa shape index (κ1) is 20.0. The van der Waals surface area contributed by atoms with E-state index < -0.39 is 0 Å². The monoisotopic (exact) mass is 418 g/mol. The fourth-order valence-corrected chi connectivity index (χ4v) is 3.96. The highest BCUT2D eigenvalue weighted by Gasteiger charge is 2.12. The number of ether oxygens (including phenoxy) is 1. The smallest absolute Gasteiger partial charge is 0.253 e. The quantitative estimate of drug-likeness (QED) is 0.447. The molecule has 1 N–H and O–H groups in total. The SMILES string of the molecule is COc1ccc2cc(CN(C)C(=O)c3ccc(CSc4ncn[nH]4)cc3)ccc2c1. The molecular weight excluding hydrogens is 396 g/mol. The molecule has 4 rings (SSSR count). The van der Waals surface area contributed by atoms with Gasteiger partial charge in [0.15, 0.2) is 5.16 Å². The summed E-state index contributed by atoms with van der Waals surface area (Å²) in [7, 11) is 3.49. The van der Waals surface area contributed by atoms with Crippen LogP contribution in [0.15, 0.2) is 72.1 Å². The molecular formula is C23H22N4O2S. The van der Waals surface area contributed by atoms with E-state index in [0.29, 0.717) is 12.1 Å². The van der Waals surface area contributed by atoms with Crippen molar-refractivity contribution in [2.75, 3.05) is 14.2 Å². The molecule has 0 unspecified atom stereocenters. The van der Waals surface area contributed by atoms with Crippen LogP contribution in [0.4, 0.5) is 0 Å². The number of H-pyrrole nitrogens is 1. The fourth-order valence-electron chi connectivity index (χ4n) is 3.22. The molecule has 0 radical (unpaired) electrons. The third-order valence-corrected chi connectivity index (χ3v) is 5.80. The highest BCUT2D eigenvalue weighted by Crippen LogP contribution is 2.23. The number of hydrogen-bond acceptors (Lipinski definition) is 5. The number of thioether (sulfide) groups is 1. The van der Waals surface area contributed by atoms with Crippen molar-refractivity contribution in [3.05, 3.63) is 83.7 Å². The summed E-state index contributed by atoms with van der Waals surface area (Å²) in [6.45, 7) is 0.546. The minimum Gasteiger partial charge on any atom is -0.497 e. The highest BCUT2D eigenvalue weighted by atomic mass is 32.2. The van der Waals surface area contributed by atoms with Gasteiger partial charge in [-0.05, 0) is 52.2 Å². The Morgan fingerprint density at radius 2 is 1.77 bits per heavy atom. The Bertz CT molecular complexity index is 1140. The molecule has 3 aromatic carbocycles. The number of fused-ring (bicyclic) bond motifs is 1. The second-order valence-electron chi connectivity index (χ2n) is 6.98. The summed E-state index contributed by atoms with van der Waals surface area (Å²) in [6, 6.07) is 19.9. The van der Waals surface area contributed by atoms with E-state index in [1.165, 1.54) is 6.33 Å². The van der Waals surface area contributed by atoms with Crippen molar-refractivity contribution < 1.29 is 9.53 Å². The van der Waals surface area contributed by atoms with Crippen LogP contribution < -0.4 is 4.74 Å². The van der Waals surface area contributed by atoms with Gasteiger partial charge in [0.1, 0.15) is 12.1 Å². The minimum absolute atomic E-state index is 0.000680. The average Bonchev–Trinajstić information content (AvgIpc) is 3.31. The highest BCUT2D eigenvalue weighted by molar-refractivity contribution is 7.98. The predicted molar refractivity (Wildman–Crippen MR) is 119 cm³/mol. The van der Waals surface area contributed by atoms with E-state index >= 15 is 0 Å². The van der Waals surface area contributed by atoms with Crippen LogP contribution in [0.5, 0.6) is 5.75 Å². The van der Waals surface area contributed by atoms with E-state index in [1.54, 1.807) is 23.8 Å². The molecule has 0 spiro atoms. The maximum Gasteiger partial charge on any atom is 0.253 e. The lowest BCUT2D eigenvalue weighted by molar-refractivity contribution is 0.0785. The van der Waals surface area contributed by atoms with Crippen LogP contribution in [0.3, 0.4) is 0 Å². The Morgan fingerprint density at radius 1 is 1.03 bits per heavy atom. The van der Waals surface area contributed by atoms with Crippen molar-refractivity contribution in [3.63, 3.8) is 0 Å². The Hall–Kier alpha value is -3.32. The number of hydrogen-bond donors (Lipinski definition) is 1. The van der Waals surface area contributed by atoms with Crippen molar-refractivity contribution >= 4 is 28.4 Å². The minimum atomic E-state index is -0.000680. The number of rotatable bonds is 7. The summed E-state index contributed by atoms with van der Waals surface area (Å²) in [5.74, 6) is 1.60. The number of amides is 1. The van der Waals surface area contributed by atoms with Crippen LogP contribution in [0.25, 0.3) is 10.8 Å². The van der Waals surface area contributed by atoms with Gasteiger partial charge in [0.2, 0.25) is 0 Å². The van der Waals surface area contributed by atoms with Gasteiger partial charge in [-0.25, -0.2) is 4.98 Å². The zero-order valence-corrected chi connectivity index (χ0v) is 17.6. The van der Waals surface area contributed by atoms with E-state index in [1.807, 2.05) is 49.5 Å². The van der Waals surface area contributed by atoms with Crippen molar-refractivity contribution in [2.45, 2.75) is 17.5 Å². The molecule has 0 aliphatic heterocycles. The average molecular weight is 419 g/mol. The van der Waals surface area contributed by atoms with E-state index in [9.17, 15) is 4.79 Å². The first-order valence-corrected chi connectivity index (χ1v) is 10.5. The number of carbonyl (C=O) groups is 1. The number of aromatic nitrogens is 3. The number of nitrogens with zero attached hydrogens (tertiary/aromatic N) is 3. The summed E-state index contributed by atoms with van der Waals surface area (Å²) in [4.78, 5) is 18.7. The van der Waals surface area contributed by atoms with Crippen molar-refractivity contribution in [1.82, 2.24) is 20.1 Å². The molecule has 0 saturated heterocycles. The maximum absolute atomic E-state index is 12.8. The van der Waals surface area contributed by atoms with E-state index in [0.717, 1.165) is 38.6 Å². The number of benzene rings is 3. The van der Waals surface area contributed by atoms with Crippen LogP contribution in [-0.4, -0.2) is 40.1 Å². The molecule has 0 fully saturated rings. The van der Waals surface area contributed by atoms with Gasteiger partial charge in [0.05, 0.1) is 7.11 Å². The molecule has 0 bridgehead atoms. The van der Waals surface area contributed by atoms with Crippen LogP contribution in [0, 0.1) is 0 Å². The van der Waals surface area contributed by atoms with Crippen LogP contribution in [-0.2, 0) is 12.3 Å². The summed E-state index contributed by atoms with van der Waals surface area (Å²) in [5, 5.41) is 9.69. The lowest BCUT2D eigenvalue weighted by Crippen LogP contribution is -2.26. The Morgan fingerprint density at radius 3 is 2.50 bits per heavy atom. The van der Waals surface area contributed by atoms with Gasteiger partial charge < -0.3 is 9.64 Å².